The molecule has 0 aliphatic carbocycles. The van der Waals surface area contributed by atoms with Crippen molar-refractivity contribution >= 4 is 39.9 Å². The molecular formula is C32H32N4OS. The third-order valence-electron chi connectivity index (χ3n) is 6.84. The molecule has 0 unspecified atom stereocenters. The zero-order chi connectivity index (χ0) is 26.9. The molecule has 0 saturated carbocycles. The Balaban J connectivity index is 1.70. The molecule has 4 aromatic rings. The third-order valence-corrected chi connectivity index (χ3v) is 8.22. The molecule has 1 amide bonds. The lowest BCUT2D eigenvalue weighted by Crippen LogP contribution is -2.37. The van der Waals surface area contributed by atoms with Gasteiger partial charge >= 0.3 is 0 Å². The quantitative estimate of drug-likeness (QED) is 0.323. The topological polar surface area (TPSA) is 47.9 Å². The fraction of sp³-hybridized carbons (Fsp3) is 0.188. The highest BCUT2D eigenvalue weighted by atomic mass is 32.2. The molecule has 0 atom stereocenters. The number of carbonyl (C=O) groups is 1. The predicted molar refractivity (Wildman–Crippen MR) is 161 cm³/mol. The number of rotatable bonds is 5. The summed E-state index contributed by atoms with van der Waals surface area (Å²) in [6, 6.07) is 33.0. The number of aryl methyl sites for hydroxylation is 1. The molecule has 1 aliphatic heterocycles. The van der Waals surface area contributed by atoms with Gasteiger partial charge in [-0.2, -0.15) is 0 Å². The maximum Gasteiger partial charge on any atom is 0.257 e. The van der Waals surface area contributed by atoms with E-state index in [-0.39, 0.29) is 5.91 Å². The zero-order valence-corrected chi connectivity index (χ0v) is 23.2. The molecule has 1 aliphatic rings. The molecule has 5 rings (SSSR count). The summed E-state index contributed by atoms with van der Waals surface area (Å²) in [5.41, 5.74) is 8.23. The van der Waals surface area contributed by atoms with Gasteiger partial charge in [-0.25, -0.2) is 4.99 Å². The highest BCUT2D eigenvalue weighted by Gasteiger charge is 2.43. The fourth-order valence-corrected chi connectivity index (χ4v) is 6.12. The van der Waals surface area contributed by atoms with Gasteiger partial charge in [0.25, 0.3) is 5.91 Å². The van der Waals surface area contributed by atoms with E-state index >= 15 is 0 Å². The van der Waals surface area contributed by atoms with Crippen LogP contribution < -0.4 is 15.1 Å². The van der Waals surface area contributed by atoms with Crippen molar-refractivity contribution in [2.45, 2.75) is 11.7 Å². The lowest BCUT2D eigenvalue weighted by molar-refractivity contribution is 0.0978. The van der Waals surface area contributed by atoms with Crippen molar-refractivity contribution in [2.24, 2.45) is 4.99 Å². The first-order chi connectivity index (χ1) is 18.3. The van der Waals surface area contributed by atoms with Crippen LogP contribution >= 0.6 is 11.8 Å². The molecule has 0 bridgehead atoms. The number of nitrogens with one attached hydrogen (secondary N) is 1. The summed E-state index contributed by atoms with van der Waals surface area (Å²) in [6.45, 7) is 2.11. The van der Waals surface area contributed by atoms with Crippen LogP contribution in [0.4, 0.5) is 17.1 Å². The van der Waals surface area contributed by atoms with Gasteiger partial charge < -0.3 is 15.1 Å². The highest BCUT2D eigenvalue weighted by Crippen LogP contribution is 2.54. The minimum atomic E-state index is -0.613. The van der Waals surface area contributed by atoms with Gasteiger partial charge in [-0.15, -0.1) is 0 Å². The van der Waals surface area contributed by atoms with Gasteiger partial charge in [0, 0.05) is 50.7 Å². The number of aliphatic imine (C=N–C) groups is 1. The van der Waals surface area contributed by atoms with Gasteiger partial charge in [-0.3, -0.25) is 4.79 Å². The van der Waals surface area contributed by atoms with Crippen molar-refractivity contribution in [3.8, 4) is 0 Å². The van der Waals surface area contributed by atoms with Crippen LogP contribution in [-0.4, -0.2) is 39.3 Å². The summed E-state index contributed by atoms with van der Waals surface area (Å²) < 4.78 is -0.613. The van der Waals surface area contributed by atoms with E-state index in [0.717, 1.165) is 39.3 Å². The van der Waals surface area contributed by atoms with E-state index in [9.17, 15) is 4.79 Å². The lowest BCUT2D eigenvalue weighted by Gasteiger charge is -2.39. The normalized spacial score (nSPS) is 13.8. The van der Waals surface area contributed by atoms with Crippen LogP contribution in [0, 0.1) is 6.92 Å². The monoisotopic (exact) mass is 520 g/mol. The van der Waals surface area contributed by atoms with Crippen LogP contribution in [0.5, 0.6) is 0 Å². The molecule has 0 spiro atoms. The first kappa shape index (κ1) is 25.6. The number of carbonyl (C=O) groups excluding carboxylic acids is 1. The molecule has 0 saturated heterocycles. The van der Waals surface area contributed by atoms with Crippen LogP contribution in [0.25, 0.3) is 0 Å². The van der Waals surface area contributed by atoms with Gasteiger partial charge in [-0.05, 0) is 60.5 Å². The number of nitrogens with zero attached hydrogens (tertiary/aromatic N) is 3. The number of hydrogen-bond acceptors (Lipinski definition) is 5. The fourth-order valence-electron chi connectivity index (χ4n) is 4.76. The Morgan fingerprint density at radius 1 is 0.763 bits per heavy atom. The van der Waals surface area contributed by atoms with Gasteiger partial charge in [-0.1, -0.05) is 71.9 Å². The molecule has 1 N–H and O–H groups in total. The van der Waals surface area contributed by atoms with E-state index < -0.39 is 4.75 Å². The third kappa shape index (κ3) is 4.79. The van der Waals surface area contributed by atoms with Gasteiger partial charge in [0.15, 0.2) is 5.17 Å². The highest BCUT2D eigenvalue weighted by molar-refractivity contribution is 8.15. The predicted octanol–water partition coefficient (Wildman–Crippen LogP) is 6.58. The van der Waals surface area contributed by atoms with Crippen molar-refractivity contribution in [3.63, 3.8) is 0 Å². The second-order valence-electron chi connectivity index (χ2n) is 9.92. The SMILES string of the molecule is Cc1ccc2c(c1)C(c1ccc(N(C)C)cc1)(c1ccc(N(C)C)cc1)SC(NC(=O)c1ccccc1)=N2. The number of fused-ring (bicyclic) bond motifs is 1. The number of amidine groups is 1. The number of hydrogen-bond donors (Lipinski definition) is 1. The molecule has 0 aromatic heterocycles. The molecule has 192 valence electrons. The Kier molecular flexibility index (Phi) is 7.00. The molecule has 1 heterocycles. The molecular weight excluding hydrogens is 488 g/mol. The van der Waals surface area contributed by atoms with Crippen LogP contribution in [0.15, 0.2) is 102 Å². The van der Waals surface area contributed by atoms with Crippen molar-refractivity contribution in [3.05, 3.63) is 125 Å². The van der Waals surface area contributed by atoms with Crippen molar-refractivity contribution in [2.75, 3.05) is 38.0 Å². The number of thioether (sulfide) groups is 1. The Morgan fingerprint density at radius 2 is 1.32 bits per heavy atom. The summed E-state index contributed by atoms with van der Waals surface area (Å²) in [6.07, 6.45) is 0. The standard InChI is InChI=1S/C32H32N4OS/c1-22-11-20-29-28(21-22)32(24-12-16-26(17-13-24)35(2)3,25-14-18-27(19-15-25)36(4)5)38-31(33-29)34-30(37)23-9-7-6-8-10-23/h6-21H,1-5H3,(H,33,34,37). The molecule has 38 heavy (non-hydrogen) atoms. The summed E-state index contributed by atoms with van der Waals surface area (Å²) in [4.78, 5) is 22.3. The maximum atomic E-state index is 13.2. The van der Waals surface area contributed by atoms with E-state index in [1.54, 1.807) is 11.8 Å². The smallest absolute Gasteiger partial charge is 0.257 e. The van der Waals surface area contributed by atoms with E-state index in [1.807, 2.05) is 58.5 Å². The van der Waals surface area contributed by atoms with Crippen molar-refractivity contribution < 1.29 is 4.79 Å². The zero-order valence-electron chi connectivity index (χ0n) is 22.4. The maximum absolute atomic E-state index is 13.2. The Morgan fingerprint density at radius 3 is 1.84 bits per heavy atom. The summed E-state index contributed by atoms with van der Waals surface area (Å²) in [5, 5.41) is 3.67. The first-order valence-electron chi connectivity index (χ1n) is 12.6. The molecule has 6 heteroatoms. The number of amides is 1. The van der Waals surface area contributed by atoms with Crippen LogP contribution in [-0.2, 0) is 4.75 Å². The Labute approximate surface area is 229 Å². The largest absolute Gasteiger partial charge is 0.378 e. The number of anilines is 2. The second kappa shape index (κ2) is 10.4. The average molecular weight is 521 g/mol. The van der Waals surface area contributed by atoms with E-state index in [1.165, 1.54) is 0 Å². The summed E-state index contributed by atoms with van der Waals surface area (Å²) in [7, 11) is 8.18. The minimum absolute atomic E-state index is 0.174. The summed E-state index contributed by atoms with van der Waals surface area (Å²) in [5.74, 6) is -0.174. The van der Waals surface area contributed by atoms with Crippen LogP contribution in [0.2, 0.25) is 0 Å². The first-order valence-corrected chi connectivity index (χ1v) is 13.4. The Bertz CT molecular complexity index is 1430. The number of benzene rings is 4. The minimum Gasteiger partial charge on any atom is -0.378 e. The van der Waals surface area contributed by atoms with Crippen molar-refractivity contribution in [1.82, 2.24) is 5.32 Å². The lowest BCUT2D eigenvalue weighted by atomic mass is 9.82. The van der Waals surface area contributed by atoms with Crippen molar-refractivity contribution in [1.29, 1.82) is 0 Å². The molecule has 4 aromatic carbocycles. The molecule has 5 nitrogen and oxygen atoms in total. The van der Waals surface area contributed by atoms with Crippen LogP contribution in [0.3, 0.4) is 0 Å². The van der Waals surface area contributed by atoms with Crippen LogP contribution in [0.1, 0.15) is 32.6 Å². The van der Waals surface area contributed by atoms with Gasteiger partial charge in [0.2, 0.25) is 0 Å². The van der Waals surface area contributed by atoms with E-state index in [4.69, 9.17) is 4.99 Å². The second-order valence-corrected chi connectivity index (χ2v) is 11.1. The summed E-state index contributed by atoms with van der Waals surface area (Å²) >= 11 is 1.58. The molecule has 0 fully saturated rings. The Hall–Kier alpha value is -4.03. The van der Waals surface area contributed by atoms with E-state index in [0.29, 0.717) is 10.7 Å². The van der Waals surface area contributed by atoms with E-state index in [2.05, 4.69) is 88.8 Å². The van der Waals surface area contributed by atoms with Gasteiger partial charge in [0.05, 0.1) is 5.69 Å². The average Bonchev–Trinajstić information content (AvgIpc) is 2.93. The van der Waals surface area contributed by atoms with Gasteiger partial charge in [0.1, 0.15) is 4.75 Å². The molecule has 0 radical (unpaired) electrons.